The second-order valence-electron chi connectivity index (χ2n) is 7.15. The summed E-state index contributed by atoms with van der Waals surface area (Å²) >= 11 is 0. The van der Waals surface area contributed by atoms with Crippen LogP contribution in [0.15, 0.2) is 83.9 Å². The first-order chi connectivity index (χ1) is 14.6. The molecule has 2 aromatic carbocycles. The van der Waals surface area contributed by atoms with Gasteiger partial charge in [-0.15, -0.1) is 4.31 Å². The molecule has 0 N–H and O–H groups in total. The third-order valence-corrected chi connectivity index (χ3v) is 6.83. The van der Waals surface area contributed by atoms with E-state index in [0.717, 1.165) is 11.1 Å². The van der Waals surface area contributed by atoms with E-state index in [1.165, 1.54) is 10.5 Å². The van der Waals surface area contributed by atoms with Crippen molar-refractivity contribution >= 4 is 10.4 Å². The van der Waals surface area contributed by atoms with E-state index < -0.39 is 16.5 Å². The van der Waals surface area contributed by atoms with Crippen molar-refractivity contribution in [3.63, 3.8) is 0 Å². The SMILES string of the molecule is O=[S+]1([O-])c2cccnc2O[C@@H](COCc2ccccc2)CN1CCc1ccccc1. The summed E-state index contributed by atoms with van der Waals surface area (Å²) in [6.45, 7) is 1.27. The van der Waals surface area contributed by atoms with Crippen LogP contribution in [0.5, 0.6) is 5.88 Å². The normalized spacial score (nSPS) is 21.4. The molecule has 0 amide bonds. The number of sulfonamides is 1. The summed E-state index contributed by atoms with van der Waals surface area (Å²) in [4.78, 5) is 4.26. The molecule has 2 heterocycles. The lowest BCUT2D eigenvalue weighted by Gasteiger charge is -2.26. The van der Waals surface area contributed by atoms with Crippen LogP contribution in [0.25, 0.3) is 0 Å². The van der Waals surface area contributed by atoms with Gasteiger partial charge < -0.3 is 14.0 Å². The zero-order valence-electron chi connectivity index (χ0n) is 16.6. The van der Waals surface area contributed by atoms with E-state index in [1.807, 2.05) is 60.7 Å². The quantitative estimate of drug-likeness (QED) is 0.543. The van der Waals surface area contributed by atoms with Crippen molar-refractivity contribution in [2.24, 2.45) is 0 Å². The van der Waals surface area contributed by atoms with Crippen molar-refractivity contribution in [3.8, 4) is 5.88 Å². The third-order valence-electron chi connectivity index (χ3n) is 4.95. The highest BCUT2D eigenvalue weighted by molar-refractivity contribution is 7.95. The molecule has 0 saturated heterocycles. The number of fused-ring (bicyclic) bond motifs is 1. The Balaban J connectivity index is 1.50. The first-order valence-electron chi connectivity index (χ1n) is 9.90. The van der Waals surface area contributed by atoms with Crippen molar-refractivity contribution in [2.45, 2.75) is 24.0 Å². The highest BCUT2D eigenvalue weighted by Crippen LogP contribution is 2.32. The predicted octanol–water partition coefficient (Wildman–Crippen LogP) is 3.51. The molecule has 1 aliphatic rings. The number of pyridine rings is 1. The van der Waals surface area contributed by atoms with Crippen molar-refractivity contribution in [2.75, 3.05) is 19.7 Å². The third kappa shape index (κ3) is 4.94. The van der Waals surface area contributed by atoms with Crippen molar-refractivity contribution < 1.29 is 18.2 Å². The van der Waals surface area contributed by atoms with Crippen molar-refractivity contribution in [3.05, 3.63) is 90.1 Å². The Morgan fingerprint density at radius 1 is 1.03 bits per heavy atom. The van der Waals surface area contributed by atoms with Gasteiger partial charge in [0.2, 0.25) is 4.90 Å². The van der Waals surface area contributed by atoms with Crippen LogP contribution < -0.4 is 4.74 Å². The molecule has 3 aromatic rings. The predicted molar refractivity (Wildman–Crippen MR) is 114 cm³/mol. The van der Waals surface area contributed by atoms with Crippen molar-refractivity contribution in [1.82, 2.24) is 9.29 Å². The minimum absolute atomic E-state index is 0.101. The Kier molecular flexibility index (Phi) is 6.54. The summed E-state index contributed by atoms with van der Waals surface area (Å²) in [7, 11) is -3.71. The van der Waals surface area contributed by atoms with Gasteiger partial charge in [0.25, 0.3) is 5.88 Å². The van der Waals surface area contributed by atoms with E-state index in [4.69, 9.17) is 9.47 Å². The van der Waals surface area contributed by atoms with E-state index in [9.17, 15) is 8.76 Å². The molecular formula is C23H24N2O4S. The topological polar surface area (TPSA) is 74.7 Å². The van der Waals surface area contributed by atoms with Gasteiger partial charge in [0.05, 0.1) is 19.8 Å². The van der Waals surface area contributed by atoms with Gasteiger partial charge in [-0.25, -0.2) is 4.98 Å². The van der Waals surface area contributed by atoms with Crippen LogP contribution >= 0.6 is 0 Å². The van der Waals surface area contributed by atoms with Gasteiger partial charge in [0.1, 0.15) is 6.10 Å². The molecule has 0 fully saturated rings. The van der Waals surface area contributed by atoms with E-state index >= 15 is 0 Å². The van der Waals surface area contributed by atoms with Gasteiger partial charge in [-0.2, -0.15) is 0 Å². The lowest BCUT2D eigenvalue weighted by molar-refractivity contribution is 0.0317. The molecule has 0 saturated carbocycles. The van der Waals surface area contributed by atoms with E-state index in [0.29, 0.717) is 19.6 Å². The number of nitrogens with zero attached hydrogens (tertiary/aromatic N) is 2. The first-order valence-corrected chi connectivity index (χ1v) is 11.3. The summed E-state index contributed by atoms with van der Waals surface area (Å²) < 4.78 is 39.8. The molecule has 156 valence electrons. The maximum atomic E-state index is 13.3. The van der Waals surface area contributed by atoms with Crippen LogP contribution in [0.3, 0.4) is 0 Å². The van der Waals surface area contributed by atoms with Gasteiger partial charge in [0.15, 0.2) is 10.4 Å². The smallest absolute Gasteiger partial charge is 0.272 e. The van der Waals surface area contributed by atoms with Gasteiger partial charge in [-0.05, 0) is 23.6 Å². The van der Waals surface area contributed by atoms with Gasteiger partial charge in [-0.3, -0.25) is 0 Å². The average Bonchev–Trinajstić information content (AvgIpc) is 2.88. The molecule has 1 aromatic heterocycles. The van der Waals surface area contributed by atoms with E-state index in [-0.39, 0.29) is 23.9 Å². The summed E-state index contributed by atoms with van der Waals surface area (Å²) in [5.41, 5.74) is 2.14. The second-order valence-corrected chi connectivity index (χ2v) is 9.05. The van der Waals surface area contributed by atoms with Gasteiger partial charge >= 0.3 is 0 Å². The lowest BCUT2D eigenvalue weighted by atomic mass is 10.1. The van der Waals surface area contributed by atoms with Gasteiger partial charge in [0, 0.05) is 18.8 Å². The number of aromatic nitrogens is 1. The molecule has 7 heteroatoms. The first kappa shape index (κ1) is 20.7. The Hall–Kier alpha value is -2.58. The molecule has 0 spiro atoms. The van der Waals surface area contributed by atoms with E-state index in [2.05, 4.69) is 4.98 Å². The lowest BCUT2D eigenvalue weighted by Crippen LogP contribution is -2.43. The zero-order chi connectivity index (χ0) is 20.8. The molecular weight excluding hydrogens is 400 g/mol. The molecule has 30 heavy (non-hydrogen) atoms. The summed E-state index contributed by atoms with van der Waals surface area (Å²) in [5.74, 6) is 0.132. The standard InChI is InChI=1S/C23H24N2O4S/c26-30(27)22-12-7-14-24-23(22)29-21(18-28-17-20-10-5-2-6-11-20)16-25(30)15-13-19-8-3-1-4-9-19/h1-12,14,21H,13,15-18H2/t21-/m1/s1. The monoisotopic (exact) mass is 424 g/mol. The van der Waals surface area contributed by atoms with Crippen LogP contribution in [0.4, 0.5) is 0 Å². The Bertz CT molecular complexity index is 1000. The minimum atomic E-state index is -3.71. The highest BCUT2D eigenvalue weighted by atomic mass is 32.3. The molecule has 0 aliphatic carbocycles. The average molecular weight is 425 g/mol. The largest absolute Gasteiger partial charge is 0.593 e. The summed E-state index contributed by atoms with van der Waals surface area (Å²) in [6, 6.07) is 22.8. The van der Waals surface area contributed by atoms with Crippen LogP contribution in [0.1, 0.15) is 11.1 Å². The highest BCUT2D eigenvalue weighted by Gasteiger charge is 2.40. The number of benzene rings is 2. The maximum Gasteiger partial charge on any atom is 0.272 e. The van der Waals surface area contributed by atoms with Gasteiger partial charge in [-0.1, -0.05) is 64.9 Å². The number of rotatable bonds is 7. The molecule has 0 bridgehead atoms. The van der Waals surface area contributed by atoms with Crippen LogP contribution in [0.2, 0.25) is 0 Å². The summed E-state index contributed by atoms with van der Waals surface area (Å²) in [5, 5.41) is 0. The fourth-order valence-corrected chi connectivity index (χ4v) is 4.94. The number of ether oxygens (including phenoxy) is 2. The molecule has 6 nitrogen and oxygen atoms in total. The Morgan fingerprint density at radius 3 is 2.47 bits per heavy atom. The fourth-order valence-electron chi connectivity index (χ4n) is 3.40. The van der Waals surface area contributed by atoms with Crippen LogP contribution in [-0.2, 0) is 32.4 Å². The molecule has 1 unspecified atom stereocenters. The zero-order valence-corrected chi connectivity index (χ0v) is 17.4. The second kappa shape index (κ2) is 9.49. The minimum Gasteiger partial charge on any atom is -0.593 e. The van der Waals surface area contributed by atoms with Crippen LogP contribution in [-0.4, -0.2) is 39.6 Å². The Labute approximate surface area is 177 Å². The summed E-state index contributed by atoms with van der Waals surface area (Å²) in [6.07, 6.45) is 1.71. The van der Waals surface area contributed by atoms with Crippen molar-refractivity contribution in [1.29, 1.82) is 0 Å². The molecule has 2 atom stereocenters. The van der Waals surface area contributed by atoms with Crippen LogP contribution in [0, 0.1) is 0 Å². The number of hydrogen-bond acceptors (Lipinski definition) is 5. The molecule has 1 aliphatic heterocycles. The maximum absolute atomic E-state index is 13.3. The Morgan fingerprint density at radius 2 is 1.73 bits per heavy atom. The molecule has 0 radical (unpaired) electrons. The molecule has 4 rings (SSSR count). The number of hydrogen-bond donors (Lipinski definition) is 0. The van der Waals surface area contributed by atoms with E-state index in [1.54, 1.807) is 12.1 Å². The fraction of sp³-hybridized carbons (Fsp3) is 0.261.